The lowest BCUT2D eigenvalue weighted by Crippen LogP contribution is -2.20. The molecule has 0 aliphatic heterocycles. The zero-order valence-electron chi connectivity index (χ0n) is 9.21. The fourth-order valence-corrected chi connectivity index (χ4v) is 2.34. The van der Waals surface area contributed by atoms with Gasteiger partial charge in [-0.25, -0.2) is 0 Å². The molecule has 0 spiro atoms. The van der Waals surface area contributed by atoms with Gasteiger partial charge < -0.3 is 9.84 Å². The third kappa shape index (κ3) is 1.55. The van der Waals surface area contributed by atoms with Crippen LogP contribution in [0.4, 0.5) is 0 Å². The van der Waals surface area contributed by atoms with Crippen molar-refractivity contribution in [3.8, 4) is 5.75 Å². The van der Waals surface area contributed by atoms with Gasteiger partial charge in [0.05, 0.1) is 17.5 Å². The van der Waals surface area contributed by atoms with E-state index in [1.165, 1.54) is 7.11 Å². The monoisotopic (exact) mass is 240 g/mol. The third-order valence-electron chi connectivity index (χ3n) is 3.17. The van der Waals surface area contributed by atoms with Gasteiger partial charge in [-0.2, -0.15) is 0 Å². The highest BCUT2D eigenvalue weighted by Gasteiger charge is 2.52. The number of ether oxygens (including phenoxy) is 1. The molecule has 0 saturated heterocycles. The van der Waals surface area contributed by atoms with E-state index in [4.69, 9.17) is 16.3 Å². The van der Waals surface area contributed by atoms with E-state index in [1.807, 2.05) is 6.92 Å². The van der Waals surface area contributed by atoms with E-state index in [1.54, 1.807) is 12.1 Å². The van der Waals surface area contributed by atoms with Crippen LogP contribution in [0.1, 0.15) is 24.0 Å². The summed E-state index contributed by atoms with van der Waals surface area (Å²) in [5, 5.41) is 9.76. The van der Waals surface area contributed by atoms with Crippen molar-refractivity contribution in [2.24, 2.45) is 0 Å². The summed E-state index contributed by atoms with van der Waals surface area (Å²) in [6.45, 7) is 1.88. The average molecular weight is 241 g/mol. The summed E-state index contributed by atoms with van der Waals surface area (Å²) in [5.41, 5.74) is 1.02. The topological polar surface area (TPSA) is 46.5 Å². The second kappa shape index (κ2) is 3.67. The lowest BCUT2D eigenvalue weighted by molar-refractivity contribution is -0.140. The van der Waals surface area contributed by atoms with E-state index >= 15 is 0 Å². The van der Waals surface area contributed by atoms with E-state index in [9.17, 15) is 9.90 Å². The number of hydrogen-bond acceptors (Lipinski definition) is 2. The quantitative estimate of drug-likeness (QED) is 0.884. The molecule has 86 valence electrons. The number of methoxy groups -OCH3 is 1. The van der Waals surface area contributed by atoms with E-state index in [2.05, 4.69) is 0 Å². The minimum absolute atomic E-state index is 0.518. The zero-order valence-corrected chi connectivity index (χ0v) is 9.97. The number of carboxylic acids is 1. The molecule has 0 amide bonds. The van der Waals surface area contributed by atoms with Gasteiger partial charge in [0.2, 0.25) is 0 Å². The molecule has 1 saturated carbocycles. The first-order valence-electron chi connectivity index (χ1n) is 5.09. The first-order valence-corrected chi connectivity index (χ1v) is 5.47. The Labute approximate surface area is 99.0 Å². The van der Waals surface area contributed by atoms with Crippen molar-refractivity contribution in [2.45, 2.75) is 25.2 Å². The van der Waals surface area contributed by atoms with Crippen LogP contribution < -0.4 is 4.74 Å². The van der Waals surface area contributed by atoms with Crippen LogP contribution in [0.2, 0.25) is 5.02 Å². The largest absolute Gasteiger partial charge is 0.495 e. The summed E-state index contributed by atoms with van der Waals surface area (Å²) < 4.78 is 5.12. The molecule has 1 aliphatic rings. The van der Waals surface area contributed by atoms with Crippen molar-refractivity contribution in [2.75, 3.05) is 7.11 Å². The minimum atomic E-state index is -0.764. The predicted octanol–water partition coefficient (Wildman–Crippen LogP) is 2.77. The molecular weight excluding hydrogens is 228 g/mol. The molecule has 0 radical (unpaired) electrons. The summed E-state index contributed by atoms with van der Waals surface area (Å²) in [6, 6.07) is 3.51. The molecule has 0 atom stereocenters. The molecule has 16 heavy (non-hydrogen) atoms. The molecule has 0 aromatic heterocycles. The van der Waals surface area contributed by atoms with E-state index in [-0.39, 0.29) is 0 Å². The van der Waals surface area contributed by atoms with Crippen LogP contribution in [0.3, 0.4) is 0 Å². The Bertz CT molecular complexity index is 450. The normalized spacial score (nSPS) is 16.9. The smallest absolute Gasteiger partial charge is 0.314 e. The molecule has 3 nitrogen and oxygen atoms in total. The Balaban J connectivity index is 2.53. The number of aliphatic carboxylic acids is 1. The van der Waals surface area contributed by atoms with Gasteiger partial charge in [0.1, 0.15) is 5.75 Å². The number of halogens is 1. The molecule has 2 rings (SSSR count). The van der Waals surface area contributed by atoms with Crippen LogP contribution in [-0.4, -0.2) is 18.2 Å². The Hall–Kier alpha value is -1.22. The third-order valence-corrected chi connectivity index (χ3v) is 3.47. The highest BCUT2D eigenvalue weighted by molar-refractivity contribution is 6.32. The molecule has 1 fully saturated rings. The van der Waals surface area contributed by atoms with Crippen molar-refractivity contribution < 1.29 is 14.6 Å². The summed E-state index contributed by atoms with van der Waals surface area (Å²) in [4.78, 5) is 11.2. The van der Waals surface area contributed by atoms with Gasteiger partial charge in [-0.1, -0.05) is 11.6 Å². The maximum absolute atomic E-state index is 11.2. The van der Waals surface area contributed by atoms with Gasteiger partial charge in [0.15, 0.2) is 0 Å². The SMILES string of the molecule is COc1cc(C2(C(=O)O)CC2)c(C)cc1Cl. The molecular formula is C12H13ClO3. The summed E-state index contributed by atoms with van der Waals surface area (Å²) >= 11 is 5.98. The maximum atomic E-state index is 11.2. The Kier molecular flexibility index (Phi) is 2.58. The summed E-state index contributed by atoms with van der Waals surface area (Å²) in [7, 11) is 1.53. The lowest BCUT2D eigenvalue weighted by atomic mass is 9.92. The average Bonchev–Trinajstić information content (AvgIpc) is 2.99. The van der Waals surface area contributed by atoms with Crippen molar-refractivity contribution >= 4 is 17.6 Å². The van der Waals surface area contributed by atoms with Crippen molar-refractivity contribution in [1.29, 1.82) is 0 Å². The summed E-state index contributed by atoms with van der Waals surface area (Å²) in [5.74, 6) is -0.227. The zero-order chi connectivity index (χ0) is 11.9. The number of aryl methyl sites for hydroxylation is 1. The summed E-state index contributed by atoms with van der Waals surface area (Å²) in [6.07, 6.45) is 1.38. The second-order valence-corrected chi connectivity index (χ2v) is 4.60. The van der Waals surface area contributed by atoms with Crippen molar-refractivity contribution in [1.82, 2.24) is 0 Å². The number of rotatable bonds is 3. The van der Waals surface area contributed by atoms with Crippen LogP contribution in [-0.2, 0) is 10.2 Å². The van der Waals surface area contributed by atoms with Crippen LogP contribution in [0.25, 0.3) is 0 Å². The molecule has 1 aromatic rings. The van der Waals surface area contributed by atoms with Crippen molar-refractivity contribution in [3.63, 3.8) is 0 Å². The lowest BCUT2D eigenvalue weighted by Gasteiger charge is -2.15. The fraction of sp³-hybridized carbons (Fsp3) is 0.417. The van der Waals surface area contributed by atoms with Gasteiger partial charge in [0.25, 0.3) is 0 Å². The van der Waals surface area contributed by atoms with Crippen LogP contribution in [0, 0.1) is 6.92 Å². The Morgan fingerprint density at radius 3 is 2.56 bits per heavy atom. The number of carboxylic acid groups (broad SMARTS) is 1. The van der Waals surface area contributed by atoms with Crippen LogP contribution >= 0.6 is 11.6 Å². The first kappa shape index (κ1) is 11.3. The number of carbonyl (C=O) groups is 1. The molecule has 0 bridgehead atoms. The van der Waals surface area contributed by atoms with Gasteiger partial charge in [0, 0.05) is 0 Å². The Morgan fingerprint density at radius 1 is 1.50 bits per heavy atom. The van der Waals surface area contributed by atoms with E-state index in [0.717, 1.165) is 11.1 Å². The van der Waals surface area contributed by atoms with Gasteiger partial charge in [-0.15, -0.1) is 0 Å². The number of hydrogen-bond donors (Lipinski definition) is 1. The predicted molar refractivity (Wildman–Crippen MR) is 61.3 cm³/mol. The van der Waals surface area contributed by atoms with Crippen LogP contribution in [0.5, 0.6) is 5.75 Å². The molecule has 1 aliphatic carbocycles. The van der Waals surface area contributed by atoms with Gasteiger partial charge in [-0.05, 0) is 43.0 Å². The number of benzene rings is 1. The standard InChI is InChI=1S/C12H13ClO3/c1-7-5-9(13)10(16-2)6-8(7)12(3-4-12)11(14)15/h5-6H,3-4H2,1-2H3,(H,14,15). The van der Waals surface area contributed by atoms with E-state index < -0.39 is 11.4 Å². The molecule has 0 heterocycles. The first-order chi connectivity index (χ1) is 7.51. The highest BCUT2D eigenvalue weighted by Crippen LogP contribution is 2.51. The van der Waals surface area contributed by atoms with Crippen molar-refractivity contribution in [3.05, 3.63) is 28.3 Å². The molecule has 1 N–H and O–H groups in total. The van der Waals surface area contributed by atoms with Crippen LogP contribution in [0.15, 0.2) is 12.1 Å². The van der Waals surface area contributed by atoms with E-state index in [0.29, 0.717) is 23.6 Å². The van der Waals surface area contributed by atoms with Gasteiger partial charge in [-0.3, -0.25) is 4.79 Å². The fourth-order valence-electron chi connectivity index (χ4n) is 2.05. The highest BCUT2D eigenvalue weighted by atomic mass is 35.5. The molecule has 1 aromatic carbocycles. The second-order valence-electron chi connectivity index (χ2n) is 4.19. The maximum Gasteiger partial charge on any atom is 0.314 e. The molecule has 0 unspecified atom stereocenters. The Morgan fingerprint density at radius 2 is 2.12 bits per heavy atom. The molecule has 4 heteroatoms. The van der Waals surface area contributed by atoms with Gasteiger partial charge >= 0.3 is 5.97 Å². The minimum Gasteiger partial charge on any atom is -0.495 e.